The van der Waals surface area contributed by atoms with Gasteiger partial charge >= 0.3 is 6.09 Å². The molecular formula is C21H30N2O3. The molecule has 0 heterocycles. The summed E-state index contributed by atoms with van der Waals surface area (Å²) in [5, 5.41) is 8.52. The highest BCUT2D eigenvalue weighted by Gasteiger charge is 2.22. The first kappa shape index (κ1) is 21.7. The van der Waals surface area contributed by atoms with Gasteiger partial charge in [0.25, 0.3) is 0 Å². The van der Waals surface area contributed by atoms with Crippen LogP contribution in [-0.2, 0) is 11.2 Å². The largest absolute Gasteiger partial charge is 0.444 e. The maximum Gasteiger partial charge on any atom is 0.405 e. The second-order valence-electron chi connectivity index (χ2n) is 6.70. The van der Waals surface area contributed by atoms with Crippen LogP contribution < -0.4 is 11.5 Å². The molecule has 5 heteroatoms. The first-order valence-electron chi connectivity index (χ1n) is 8.78. The highest BCUT2D eigenvalue weighted by molar-refractivity contribution is 5.65. The first-order valence-corrected chi connectivity index (χ1v) is 8.78. The van der Waals surface area contributed by atoms with Crippen LogP contribution in [-0.4, -0.2) is 23.4 Å². The Morgan fingerprint density at radius 3 is 2.12 bits per heavy atom. The standard InChI is InChI=1S/C13H20N2O2.C8H10O/c1-13(2,17-12(15)16)9-8-11(14)10-6-4-3-5-7-10;9-7-6-8-4-2-1-3-5-8/h3-7,11H,8-9,14H2,1-2H3,(H2,15,16);1-5,9H,6-7H2. The van der Waals surface area contributed by atoms with Crippen molar-refractivity contribution in [2.75, 3.05) is 6.61 Å². The molecule has 0 spiro atoms. The molecule has 1 amide bonds. The number of hydrogen-bond donors (Lipinski definition) is 3. The van der Waals surface area contributed by atoms with E-state index < -0.39 is 11.7 Å². The van der Waals surface area contributed by atoms with E-state index in [1.165, 1.54) is 5.56 Å². The molecule has 2 aromatic carbocycles. The van der Waals surface area contributed by atoms with Crippen LogP contribution in [0, 0.1) is 0 Å². The number of nitrogens with two attached hydrogens (primary N) is 2. The molecule has 5 nitrogen and oxygen atoms in total. The normalized spacial score (nSPS) is 11.8. The van der Waals surface area contributed by atoms with Gasteiger partial charge in [0.05, 0.1) is 0 Å². The van der Waals surface area contributed by atoms with E-state index in [0.29, 0.717) is 6.42 Å². The Kier molecular flexibility index (Phi) is 9.41. The zero-order valence-corrected chi connectivity index (χ0v) is 15.6. The van der Waals surface area contributed by atoms with E-state index in [-0.39, 0.29) is 12.6 Å². The summed E-state index contributed by atoms with van der Waals surface area (Å²) >= 11 is 0. The van der Waals surface area contributed by atoms with Crippen molar-refractivity contribution >= 4 is 6.09 Å². The van der Waals surface area contributed by atoms with E-state index >= 15 is 0 Å². The summed E-state index contributed by atoms with van der Waals surface area (Å²) in [6.07, 6.45) is 1.43. The molecule has 142 valence electrons. The van der Waals surface area contributed by atoms with Crippen LogP contribution in [0.3, 0.4) is 0 Å². The second-order valence-corrected chi connectivity index (χ2v) is 6.70. The van der Waals surface area contributed by atoms with Crippen LogP contribution in [0.15, 0.2) is 60.7 Å². The van der Waals surface area contributed by atoms with Crippen LogP contribution in [0.1, 0.15) is 43.9 Å². The molecule has 2 rings (SSSR count). The molecule has 26 heavy (non-hydrogen) atoms. The van der Waals surface area contributed by atoms with Gasteiger partial charge < -0.3 is 21.3 Å². The summed E-state index contributed by atoms with van der Waals surface area (Å²) in [4.78, 5) is 10.7. The van der Waals surface area contributed by atoms with Gasteiger partial charge in [0.2, 0.25) is 0 Å². The van der Waals surface area contributed by atoms with E-state index in [9.17, 15) is 4.79 Å². The van der Waals surface area contributed by atoms with Gasteiger partial charge in [0, 0.05) is 12.6 Å². The molecule has 0 radical (unpaired) electrons. The van der Waals surface area contributed by atoms with Crippen molar-refractivity contribution in [3.8, 4) is 0 Å². The van der Waals surface area contributed by atoms with E-state index in [2.05, 4.69) is 0 Å². The minimum Gasteiger partial charge on any atom is -0.444 e. The Labute approximate surface area is 156 Å². The molecule has 0 bridgehead atoms. The predicted molar refractivity (Wildman–Crippen MR) is 105 cm³/mol. The highest BCUT2D eigenvalue weighted by atomic mass is 16.6. The fraction of sp³-hybridized carbons (Fsp3) is 0.381. The number of benzene rings is 2. The van der Waals surface area contributed by atoms with E-state index in [4.69, 9.17) is 21.3 Å². The van der Waals surface area contributed by atoms with Crippen molar-refractivity contribution in [2.24, 2.45) is 11.5 Å². The summed E-state index contributed by atoms with van der Waals surface area (Å²) < 4.78 is 5.01. The molecule has 0 saturated carbocycles. The lowest BCUT2D eigenvalue weighted by molar-refractivity contribution is 0.0363. The average Bonchev–Trinajstić information content (AvgIpc) is 2.61. The topological polar surface area (TPSA) is 98.6 Å². The van der Waals surface area contributed by atoms with Gasteiger partial charge in [-0.25, -0.2) is 4.79 Å². The van der Waals surface area contributed by atoms with Crippen LogP contribution in [0.2, 0.25) is 0 Å². The minimum atomic E-state index is -0.747. The summed E-state index contributed by atoms with van der Waals surface area (Å²) in [5.74, 6) is 0. The smallest absolute Gasteiger partial charge is 0.405 e. The third-order valence-corrected chi connectivity index (χ3v) is 3.91. The van der Waals surface area contributed by atoms with Crippen molar-refractivity contribution in [1.29, 1.82) is 0 Å². The Morgan fingerprint density at radius 2 is 1.62 bits per heavy atom. The number of primary amides is 1. The van der Waals surface area contributed by atoms with Crippen LogP contribution in [0.4, 0.5) is 4.79 Å². The van der Waals surface area contributed by atoms with E-state index in [1.54, 1.807) is 0 Å². The predicted octanol–water partition coefficient (Wildman–Crippen LogP) is 3.56. The van der Waals surface area contributed by atoms with Gasteiger partial charge in [0.1, 0.15) is 5.60 Å². The highest BCUT2D eigenvalue weighted by Crippen LogP contribution is 2.23. The molecule has 0 saturated heterocycles. The first-order chi connectivity index (χ1) is 12.3. The van der Waals surface area contributed by atoms with Crippen molar-refractivity contribution < 1.29 is 14.6 Å². The van der Waals surface area contributed by atoms with Gasteiger partial charge in [-0.05, 0) is 44.2 Å². The van der Waals surface area contributed by atoms with Gasteiger partial charge in [-0.1, -0.05) is 60.7 Å². The Bertz CT molecular complexity index is 630. The third-order valence-electron chi connectivity index (χ3n) is 3.91. The number of ether oxygens (including phenoxy) is 1. The minimum absolute atomic E-state index is 0.0491. The number of carbonyl (C=O) groups is 1. The molecule has 0 aliphatic rings. The fourth-order valence-electron chi connectivity index (χ4n) is 2.47. The maximum absolute atomic E-state index is 10.7. The fourth-order valence-corrected chi connectivity index (χ4v) is 2.47. The van der Waals surface area contributed by atoms with E-state index in [1.807, 2.05) is 74.5 Å². The number of aliphatic hydroxyl groups is 1. The van der Waals surface area contributed by atoms with Crippen molar-refractivity contribution in [2.45, 2.75) is 44.8 Å². The molecule has 1 unspecified atom stereocenters. The molecule has 0 aliphatic carbocycles. The molecule has 5 N–H and O–H groups in total. The summed E-state index contributed by atoms with van der Waals surface area (Å²) in [7, 11) is 0. The average molecular weight is 358 g/mol. The van der Waals surface area contributed by atoms with Crippen molar-refractivity contribution in [3.63, 3.8) is 0 Å². The summed E-state index contributed by atoms with van der Waals surface area (Å²) in [6, 6.07) is 19.8. The van der Waals surface area contributed by atoms with Gasteiger partial charge in [-0.3, -0.25) is 0 Å². The van der Waals surface area contributed by atoms with Crippen molar-refractivity contribution in [3.05, 3.63) is 71.8 Å². The molecule has 0 fully saturated rings. The number of rotatable bonds is 7. The third kappa shape index (κ3) is 9.20. The van der Waals surface area contributed by atoms with Crippen molar-refractivity contribution in [1.82, 2.24) is 0 Å². The SMILES string of the molecule is CC(C)(CCC(N)c1ccccc1)OC(N)=O.OCCc1ccccc1. The lowest BCUT2D eigenvalue weighted by atomic mass is 9.95. The zero-order chi connectivity index (χ0) is 19.4. The quantitative estimate of drug-likeness (QED) is 0.705. The van der Waals surface area contributed by atoms with Crippen LogP contribution in [0.25, 0.3) is 0 Å². The Balaban J connectivity index is 0.000000314. The van der Waals surface area contributed by atoms with Gasteiger partial charge in [-0.2, -0.15) is 0 Å². The molecular weight excluding hydrogens is 328 g/mol. The number of aliphatic hydroxyl groups excluding tert-OH is 1. The number of carbonyl (C=O) groups excluding carboxylic acids is 1. The molecule has 0 aromatic heterocycles. The molecule has 1 atom stereocenters. The van der Waals surface area contributed by atoms with Crippen LogP contribution >= 0.6 is 0 Å². The summed E-state index contributed by atoms with van der Waals surface area (Å²) in [5.41, 5.74) is 12.8. The summed E-state index contributed by atoms with van der Waals surface area (Å²) in [6.45, 7) is 3.90. The monoisotopic (exact) mass is 358 g/mol. The van der Waals surface area contributed by atoms with Gasteiger partial charge in [-0.15, -0.1) is 0 Å². The molecule has 2 aromatic rings. The Morgan fingerprint density at radius 1 is 1.08 bits per heavy atom. The number of amides is 1. The molecule has 0 aliphatic heterocycles. The number of hydrogen-bond acceptors (Lipinski definition) is 4. The van der Waals surface area contributed by atoms with Crippen LogP contribution in [0.5, 0.6) is 0 Å². The lowest BCUT2D eigenvalue weighted by Gasteiger charge is -2.25. The van der Waals surface area contributed by atoms with E-state index in [0.717, 1.165) is 18.4 Å². The Hall–Kier alpha value is -2.37. The van der Waals surface area contributed by atoms with Gasteiger partial charge in [0.15, 0.2) is 0 Å². The maximum atomic E-state index is 10.7. The zero-order valence-electron chi connectivity index (χ0n) is 15.6. The second kappa shape index (κ2) is 11.3. The lowest BCUT2D eigenvalue weighted by Crippen LogP contribution is -2.32.